The lowest BCUT2D eigenvalue weighted by Crippen LogP contribution is -2.26. The first-order valence-corrected chi connectivity index (χ1v) is 7.54. The summed E-state index contributed by atoms with van der Waals surface area (Å²) in [6.45, 7) is 5.78. The molecule has 1 fully saturated rings. The standard InChI is InChI=1S/C17H24N2O/c1-13-4-3-5-16(13)12-19-14(2)15-6-8-17(9-7-15)20-11-10-18/h6-9,13-14,16,19H,3-5,11-12H2,1-2H3. The average Bonchev–Trinajstić information content (AvgIpc) is 2.88. The van der Waals surface area contributed by atoms with E-state index in [4.69, 9.17) is 10.00 Å². The molecule has 0 bridgehead atoms. The molecule has 0 saturated heterocycles. The van der Waals surface area contributed by atoms with Crippen molar-refractivity contribution in [3.8, 4) is 11.8 Å². The smallest absolute Gasteiger partial charge is 0.174 e. The first-order chi connectivity index (χ1) is 9.70. The zero-order valence-electron chi connectivity index (χ0n) is 12.4. The fourth-order valence-electron chi connectivity index (χ4n) is 2.94. The Morgan fingerprint density at radius 2 is 2.10 bits per heavy atom. The zero-order chi connectivity index (χ0) is 14.4. The Bertz CT molecular complexity index is 449. The molecule has 1 N–H and O–H groups in total. The van der Waals surface area contributed by atoms with Crippen molar-refractivity contribution in [3.05, 3.63) is 29.8 Å². The van der Waals surface area contributed by atoms with E-state index in [1.807, 2.05) is 18.2 Å². The lowest BCUT2D eigenvalue weighted by molar-refractivity contribution is 0.366. The van der Waals surface area contributed by atoms with Gasteiger partial charge in [-0.05, 0) is 49.4 Å². The summed E-state index contributed by atoms with van der Waals surface area (Å²) in [5, 5.41) is 12.1. The van der Waals surface area contributed by atoms with E-state index in [1.54, 1.807) is 0 Å². The second kappa shape index (κ2) is 7.31. The van der Waals surface area contributed by atoms with Crippen LogP contribution in [0.3, 0.4) is 0 Å². The molecule has 3 heteroatoms. The number of hydrogen-bond donors (Lipinski definition) is 1. The van der Waals surface area contributed by atoms with Crippen molar-refractivity contribution in [1.29, 1.82) is 5.26 Å². The highest BCUT2D eigenvalue weighted by atomic mass is 16.5. The summed E-state index contributed by atoms with van der Waals surface area (Å²) in [5.74, 6) is 2.44. The van der Waals surface area contributed by atoms with Crippen molar-refractivity contribution in [1.82, 2.24) is 5.32 Å². The van der Waals surface area contributed by atoms with E-state index in [-0.39, 0.29) is 6.61 Å². The first-order valence-electron chi connectivity index (χ1n) is 7.54. The third-order valence-electron chi connectivity index (χ3n) is 4.41. The molecule has 20 heavy (non-hydrogen) atoms. The highest BCUT2D eigenvalue weighted by Gasteiger charge is 2.23. The summed E-state index contributed by atoms with van der Waals surface area (Å²) in [6.07, 6.45) is 4.13. The van der Waals surface area contributed by atoms with Crippen LogP contribution >= 0.6 is 0 Å². The minimum absolute atomic E-state index is 0.104. The summed E-state index contributed by atoms with van der Waals surface area (Å²) >= 11 is 0. The summed E-state index contributed by atoms with van der Waals surface area (Å²) in [5.41, 5.74) is 1.26. The monoisotopic (exact) mass is 272 g/mol. The maximum absolute atomic E-state index is 8.48. The summed E-state index contributed by atoms with van der Waals surface area (Å²) < 4.78 is 5.26. The number of nitrogens with zero attached hydrogens (tertiary/aromatic N) is 1. The van der Waals surface area contributed by atoms with Crippen LogP contribution in [0.1, 0.15) is 44.7 Å². The van der Waals surface area contributed by atoms with Crippen molar-refractivity contribution >= 4 is 0 Å². The van der Waals surface area contributed by atoms with Gasteiger partial charge in [-0.15, -0.1) is 0 Å². The highest BCUT2D eigenvalue weighted by molar-refractivity contribution is 5.29. The lowest BCUT2D eigenvalue weighted by Gasteiger charge is -2.20. The molecule has 1 aliphatic carbocycles. The van der Waals surface area contributed by atoms with E-state index in [0.717, 1.165) is 24.1 Å². The SMILES string of the molecule is CC(NCC1CCCC1C)c1ccc(OCC#N)cc1. The zero-order valence-corrected chi connectivity index (χ0v) is 12.4. The maximum atomic E-state index is 8.48. The van der Waals surface area contributed by atoms with E-state index in [2.05, 4.69) is 31.3 Å². The minimum atomic E-state index is 0.104. The first kappa shape index (κ1) is 14.9. The number of hydrogen-bond acceptors (Lipinski definition) is 3. The van der Waals surface area contributed by atoms with Gasteiger partial charge in [0.05, 0.1) is 0 Å². The molecule has 1 aromatic carbocycles. The van der Waals surface area contributed by atoms with E-state index < -0.39 is 0 Å². The molecule has 3 atom stereocenters. The quantitative estimate of drug-likeness (QED) is 0.859. The van der Waals surface area contributed by atoms with Crippen LogP contribution < -0.4 is 10.1 Å². The summed E-state index contributed by atoms with van der Waals surface area (Å²) in [7, 11) is 0. The van der Waals surface area contributed by atoms with Gasteiger partial charge in [0.15, 0.2) is 6.61 Å². The van der Waals surface area contributed by atoms with Crippen molar-refractivity contribution in [2.75, 3.05) is 13.2 Å². The van der Waals surface area contributed by atoms with Gasteiger partial charge in [-0.1, -0.05) is 31.9 Å². The molecule has 108 valence electrons. The average molecular weight is 272 g/mol. The number of nitrogens with one attached hydrogen (secondary N) is 1. The van der Waals surface area contributed by atoms with Gasteiger partial charge >= 0.3 is 0 Å². The van der Waals surface area contributed by atoms with Crippen molar-refractivity contribution in [2.45, 2.75) is 39.2 Å². The predicted octanol–water partition coefficient (Wildman–Crippen LogP) is 3.68. The highest BCUT2D eigenvalue weighted by Crippen LogP contribution is 2.31. The molecule has 1 aromatic rings. The van der Waals surface area contributed by atoms with Gasteiger partial charge in [-0.3, -0.25) is 0 Å². The molecule has 0 aliphatic heterocycles. The Morgan fingerprint density at radius 1 is 1.35 bits per heavy atom. The molecule has 3 nitrogen and oxygen atoms in total. The van der Waals surface area contributed by atoms with E-state index in [9.17, 15) is 0 Å². The van der Waals surface area contributed by atoms with E-state index >= 15 is 0 Å². The summed E-state index contributed by atoms with van der Waals surface area (Å²) in [6, 6.07) is 10.3. The van der Waals surface area contributed by atoms with Gasteiger partial charge in [0.25, 0.3) is 0 Å². The normalized spacial score (nSPS) is 23.2. The topological polar surface area (TPSA) is 45.0 Å². The van der Waals surface area contributed by atoms with Crippen LogP contribution in [0.25, 0.3) is 0 Å². The van der Waals surface area contributed by atoms with Crippen molar-refractivity contribution < 1.29 is 4.74 Å². The van der Waals surface area contributed by atoms with Crippen LogP contribution in [0.4, 0.5) is 0 Å². The van der Waals surface area contributed by atoms with Gasteiger partial charge < -0.3 is 10.1 Å². The molecule has 1 saturated carbocycles. The molecule has 1 aliphatic rings. The summed E-state index contributed by atoms with van der Waals surface area (Å²) in [4.78, 5) is 0. The second-order valence-electron chi connectivity index (χ2n) is 5.81. The van der Waals surface area contributed by atoms with Crippen molar-refractivity contribution in [3.63, 3.8) is 0 Å². The largest absolute Gasteiger partial charge is 0.479 e. The number of nitriles is 1. The lowest BCUT2D eigenvalue weighted by atomic mass is 9.97. The van der Waals surface area contributed by atoms with Gasteiger partial charge in [0.1, 0.15) is 11.8 Å². The van der Waals surface area contributed by atoms with Crippen LogP contribution in [0, 0.1) is 23.2 Å². The molecule has 2 rings (SSSR count). The van der Waals surface area contributed by atoms with Crippen LogP contribution in [0.5, 0.6) is 5.75 Å². The molecular weight excluding hydrogens is 248 g/mol. The number of benzene rings is 1. The molecule has 0 radical (unpaired) electrons. The molecule has 0 heterocycles. The van der Waals surface area contributed by atoms with Crippen molar-refractivity contribution in [2.24, 2.45) is 11.8 Å². The van der Waals surface area contributed by atoms with Gasteiger partial charge in [-0.25, -0.2) is 0 Å². The number of rotatable bonds is 6. The van der Waals surface area contributed by atoms with E-state index in [1.165, 1.54) is 24.8 Å². The Labute approximate surface area is 121 Å². The van der Waals surface area contributed by atoms with Gasteiger partial charge in [0.2, 0.25) is 0 Å². The van der Waals surface area contributed by atoms with Gasteiger partial charge in [-0.2, -0.15) is 5.26 Å². The Morgan fingerprint density at radius 3 is 2.70 bits per heavy atom. The Balaban J connectivity index is 1.82. The second-order valence-corrected chi connectivity index (χ2v) is 5.81. The fourth-order valence-corrected chi connectivity index (χ4v) is 2.94. The van der Waals surface area contributed by atoms with Crippen LogP contribution in [0.2, 0.25) is 0 Å². The molecule has 0 amide bonds. The molecular formula is C17H24N2O. The number of ether oxygens (including phenoxy) is 1. The minimum Gasteiger partial charge on any atom is -0.479 e. The molecule has 0 aromatic heterocycles. The van der Waals surface area contributed by atoms with Crippen LogP contribution in [0.15, 0.2) is 24.3 Å². The third kappa shape index (κ3) is 3.98. The Kier molecular flexibility index (Phi) is 5.43. The van der Waals surface area contributed by atoms with Crippen LogP contribution in [-0.2, 0) is 0 Å². The fraction of sp³-hybridized carbons (Fsp3) is 0.588. The van der Waals surface area contributed by atoms with Crippen LogP contribution in [-0.4, -0.2) is 13.2 Å². The molecule has 0 spiro atoms. The van der Waals surface area contributed by atoms with Gasteiger partial charge in [0, 0.05) is 6.04 Å². The molecule has 3 unspecified atom stereocenters. The van der Waals surface area contributed by atoms with E-state index in [0.29, 0.717) is 6.04 Å². The maximum Gasteiger partial charge on any atom is 0.174 e. The Hall–Kier alpha value is -1.53. The predicted molar refractivity (Wildman–Crippen MR) is 80.5 cm³/mol. The third-order valence-corrected chi connectivity index (χ3v) is 4.41.